The van der Waals surface area contributed by atoms with Gasteiger partial charge in [-0.05, 0) is 38.3 Å². The third kappa shape index (κ3) is 5.15. The summed E-state index contributed by atoms with van der Waals surface area (Å²) in [5.74, 6) is -1.30. The number of nitrogens with one attached hydrogen (secondary N) is 1. The van der Waals surface area contributed by atoms with Crippen molar-refractivity contribution in [3.8, 4) is 0 Å². The number of hydrogen-bond donors (Lipinski definition) is 1. The average molecular weight is 391 g/mol. The van der Waals surface area contributed by atoms with Crippen molar-refractivity contribution >= 4 is 27.5 Å². The van der Waals surface area contributed by atoms with Gasteiger partial charge in [0.25, 0.3) is 0 Å². The first kappa shape index (κ1) is 20.1. The summed E-state index contributed by atoms with van der Waals surface area (Å²) in [7, 11) is -3.68. The fourth-order valence-corrected chi connectivity index (χ4v) is 4.72. The summed E-state index contributed by atoms with van der Waals surface area (Å²) in [6, 6.07) is 4.22. The Kier molecular flexibility index (Phi) is 6.82. The number of benzene rings is 1. The lowest BCUT2D eigenvalue weighted by molar-refractivity contribution is -0.126. The van der Waals surface area contributed by atoms with Crippen LogP contribution in [0.1, 0.15) is 38.7 Å². The Morgan fingerprint density at radius 2 is 2.04 bits per heavy atom. The minimum absolute atomic E-state index is 0.0131. The monoisotopic (exact) mass is 390 g/mol. The average Bonchev–Trinajstić information content (AvgIpc) is 2.58. The lowest BCUT2D eigenvalue weighted by Crippen LogP contribution is -2.45. The number of piperidine rings is 1. The van der Waals surface area contributed by atoms with Crippen LogP contribution in [0.4, 0.5) is 4.39 Å². The summed E-state index contributed by atoms with van der Waals surface area (Å²) >= 11 is 5.93. The third-order valence-corrected chi connectivity index (χ3v) is 6.77. The number of carbonyl (C=O) groups is 1. The number of carbonyl (C=O) groups excluding carboxylic acids is 1. The Bertz CT molecular complexity index is 698. The second-order valence-corrected chi connectivity index (χ2v) is 8.82. The highest BCUT2D eigenvalue weighted by Crippen LogP contribution is 2.26. The topological polar surface area (TPSA) is 66.5 Å². The summed E-state index contributed by atoms with van der Waals surface area (Å²) in [4.78, 5) is 12.2. The Morgan fingerprint density at radius 1 is 1.40 bits per heavy atom. The molecule has 5 nitrogen and oxygen atoms in total. The predicted octanol–water partition coefficient (Wildman–Crippen LogP) is 2.94. The van der Waals surface area contributed by atoms with Gasteiger partial charge >= 0.3 is 0 Å². The molecular formula is C17H24ClFN2O3S. The molecule has 1 aliphatic heterocycles. The molecule has 140 valence electrons. The zero-order chi connectivity index (χ0) is 18.6. The molecule has 1 heterocycles. The van der Waals surface area contributed by atoms with Gasteiger partial charge < -0.3 is 5.32 Å². The lowest BCUT2D eigenvalue weighted by Gasteiger charge is -2.31. The minimum atomic E-state index is -3.68. The van der Waals surface area contributed by atoms with Gasteiger partial charge in [-0.2, -0.15) is 0 Å². The van der Waals surface area contributed by atoms with Crippen molar-refractivity contribution in [1.82, 2.24) is 9.62 Å². The second kappa shape index (κ2) is 8.47. The SMILES string of the molecule is CC[C@H](C)NC(=O)C1CCN(S(=O)(=O)Cc2c(F)cccc2Cl)CC1. The van der Waals surface area contributed by atoms with Gasteiger partial charge in [0.15, 0.2) is 0 Å². The molecule has 8 heteroatoms. The first-order valence-electron chi connectivity index (χ1n) is 8.45. The molecule has 1 atom stereocenters. The first-order chi connectivity index (χ1) is 11.7. The second-order valence-electron chi connectivity index (χ2n) is 6.45. The zero-order valence-corrected chi connectivity index (χ0v) is 16.0. The predicted molar refractivity (Wildman–Crippen MR) is 96.2 cm³/mol. The van der Waals surface area contributed by atoms with Crippen molar-refractivity contribution < 1.29 is 17.6 Å². The molecule has 0 aliphatic carbocycles. The van der Waals surface area contributed by atoms with E-state index in [-0.39, 0.29) is 41.5 Å². The molecule has 1 aliphatic rings. The molecule has 0 aromatic heterocycles. The molecule has 1 amide bonds. The van der Waals surface area contributed by atoms with Crippen LogP contribution in [0, 0.1) is 11.7 Å². The largest absolute Gasteiger partial charge is 0.353 e. The van der Waals surface area contributed by atoms with Gasteiger partial charge in [0.2, 0.25) is 15.9 Å². The lowest BCUT2D eigenvalue weighted by atomic mass is 9.97. The molecule has 25 heavy (non-hydrogen) atoms. The molecular weight excluding hydrogens is 367 g/mol. The molecule has 1 N–H and O–H groups in total. The van der Waals surface area contributed by atoms with Crippen molar-refractivity contribution in [3.63, 3.8) is 0 Å². The highest BCUT2D eigenvalue weighted by Gasteiger charge is 2.32. The summed E-state index contributed by atoms with van der Waals surface area (Å²) in [6.45, 7) is 4.45. The van der Waals surface area contributed by atoms with Crippen LogP contribution in [0.25, 0.3) is 0 Å². The molecule has 1 fully saturated rings. The number of hydrogen-bond acceptors (Lipinski definition) is 3. The maximum absolute atomic E-state index is 13.9. The van der Waals surface area contributed by atoms with Gasteiger partial charge in [0.1, 0.15) is 5.82 Å². The quantitative estimate of drug-likeness (QED) is 0.812. The van der Waals surface area contributed by atoms with E-state index in [0.717, 1.165) is 6.42 Å². The Morgan fingerprint density at radius 3 is 2.60 bits per heavy atom. The number of amides is 1. The maximum Gasteiger partial charge on any atom is 0.223 e. The van der Waals surface area contributed by atoms with E-state index < -0.39 is 21.6 Å². The number of sulfonamides is 1. The summed E-state index contributed by atoms with van der Waals surface area (Å²) in [6.07, 6.45) is 1.78. The number of rotatable bonds is 6. The van der Waals surface area contributed by atoms with E-state index in [4.69, 9.17) is 11.6 Å². The summed E-state index contributed by atoms with van der Waals surface area (Å²) < 4.78 is 40.3. The molecule has 0 unspecified atom stereocenters. The molecule has 0 radical (unpaired) electrons. The fourth-order valence-electron chi connectivity index (χ4n) is 2.80. The van der Waals surface area contributed by atoms with E-state index in [0.29, 0.717) is 12.8 Å². The van der Waals surface area contributed by atoms with Crippen molar-refractivity contribution in [2.24, 2.45) is 5.92 Å². The fraction of sp³-hybridized carbons (Fsp3) is 0.588. The molecule has 0 spiro atoms. The molecule has 1 aromatic rings. The van der Waals surface area contributed by atoms with Gasteiger partial charge in [0.05, 0.1) is 5.75 Å². The van der Waals surface area contributed by atoms with Crippen LogP contribution < -0.4 is 5.32 Å². The van der Waals surface area contributed by atoms with Crippen molar-refractivity contribution in [3.05, 3.63) is 34.6 Å². The standard InChI is InChI=1S/C17H24ClFN2O3S/c1-3-12(2)20-17(22)13-7-9-21(10-8-13)25(23,24)11-14-15(18)5-4-6-16(14)19/h4-6,12-13H,3,7-11H2,1-2H3,(H,20,22)/t12-/m0/s1. The van der Waals surface area contributed by atoms with Crippen LogP contribution in [0.15, 0.2) is 18.2 Å². The van der Waals surface area contributed by atoms with Crippen LogP contribution >= 0.6 is 11.6 Å². The highest BCUT2D eigenvalue weighted by atomic mass is 35.5. The number of halogens is 2. The van der Waals surface area contributed by atoms with E-state index in [1.807, 2.05) is 13.8 Å². The van der Waals surface area contributed by atoms with E-state index in [1.165, 1.54) is 22.5 Å². The Hall–Kier alpha value is -1.18. The van der Waals surface area contributed by atoms with Crippen molar-refractivity contribution in [2.45, 2.75) is 44.9 Å². The first-order valence-corrected chi connectivity index (χ1v) is 10.4. The van der Waals surface area contributed by atoms with Crippen LogP contribution in [-0.4, -0.2) is 37.8 Å². The van der Waals surface area contributed by atoms with Crippen LogP contribution in [0.2, 0.25) is 5.02 Å². The molecule has 2 rings (SSSR count). The summed E-state index contributed by atoms with van der Waals surface area (Å²) in [5.41, 5.74) is -0.0131. The Labute approximate surface area is 153 Å². The molecule has 1 aromatic carbocycles. The van der Waals surface area contributed by atoms with Gasteiger partial charge in [-0.15, -0.1) is 0 Å². The minimum Gasteiger partial charge on any atom is -0.353 e. The summed E-state index contributed by atoms with van der Waals surface area (Å²) in [5, 5.41) is 3.04. The third-order valence-electron chi connectivity index (χ3n) is 4.61. The van der Waals surface area contributed by atoms with Crippen LogP contribution in [0.5, 0.6) is 0 Å². The molecule has 0 bridgehead atoms. The van der Waals surface area contributed by atoms with Crippen LogP contribution in [-0.2, 0) is 20.6 Å². The van der Waals surface area contributed by atoms with E-state index >= 15 is 0 Å². The van der Waals surface area contributed by atoms with Gasteiger partial charge in [-0.25, -0.2) is 17.1 Å². The van der Waals surface area contributed by atoms with Crippen molar-refractivity contribution in [2.75, 3.05) is 13.1 Å². The zero-order valence-electron chi connectivity index (χ0n) is 14.5. The Balaban J connectivity index is 1.98. The van der Waals surface area contributed by atoms with Gasteiger partial charge in [-0.3, -0.25) is 4.79 Å². The van der Waals surface area contributed by atoms with Gasteiger partial charge in [-0.1, -0.05) is 24.6 Å². The number of nitrogens with zero attached hydrogens (tertiary/aromatic N) is 1. The normalized spacial score (nSPS) is 18.1. The smallest absolute Gasteiger partial charge is 0.223 e. The van der Waals surface area contributed by atoms with Crippen molar-refractivity contribution in [1.29, 1.82) is 0 Å². The molecule has 0 saturated carbocycles. The van der Waals surface area contributed by atoms with E-state index in [1.54, 1.807) is 0 Å². The van der Waals surface area contributed by atoms with E-state index in [9.17, 15) is 17.6 Å². The highest BCUT2D eigenvalue weighted by molar-refractivity contribution is 7.88. The molecule has 1 saturated heterocycles. The van der Waals surface area contributed by atoms with Crippen LogP contribution in [0.3, 0.4) is 0 Å². The van der Waals surface area contributed by atoms with Gasteiger partial charge in [0, 0.05) is 35.6 Å². The van der Waals surface area contributed by atoms with E-state index in [2.05, 4.69) is 5.32 Å². The maximum atomic E-state index is 13.9.